The van der Waals surface area contributed by atoms with Crippen LogP contribution in [0.25, 0.3) is 11.7 Å². The van der Waals surface area contributed by atoms with Gasteiger partial charge in [0.05, 0.1) is 10.5 Å². The molecule has 7 nitrogen and oxygen atoms in total. The van der Waals surface area contributed by atoms with Crippen molar-refractivity contribution >= 4 is 51.7 Å². The Bertz CT molecular complexity index is 1080. The molecule has 3 heterocycles. The van der Waals surface area contributed by atoms with Crippen molar-refractivity contribution in [2.75, 3.05) is 31.6 Å². The van der Waals surface area contributed by atoms with Crippen LogP contribution in [0.3, 0.4) is 0 Å². The summed E-state index contributed by atoms with van der Waals surface area (Å²) in [7, 11) is 0. The topological polar surface area (TPSA) is 75.9 Å². The van der Waals surface area contributed by atoms with E-state index in [0.717, 1.165) is 24.8 Å². The molecule has 172 valence electrons. The standard InChI is InChI=1S/C23H30N4O3S2/c1-4-6-7-11-24-20-17(21(28)27-15-16(3)9-10-19(27)25-20)14-18-22(29)26(23(31)32-18)12-8-13-30-5-2/h9-10,14-15,24H,4-8,11-13H2,1-3H3. The summed E-state index contributed by atoms with van der Waals surface area (Å²) < 4.78 is 7.39. The van der Waals surface area contributed by atoms with Gasteiger partial charge in [-0.25, -0.2) is 4.98 Å². The number of hydrogen-bond acceptors (Lipinski definition) is 7. The van der Waals surface area contributed by atoms with Crippen LogP contribution in [-0.4, -0.2) is 50.8 Å². The van der Waals surface area contributed by atoms with Crippen molar-refractivity contribution in [3.05, 3.63) is 44.7 Å². The summed E-state index contributed by atoms with van der Waals surface area (Å²) in [6.45, 7) is 8.44. The molecule has 32 heavy (non-hydrogen) atoms. The fourth-order valence-corrected chi connectivity index (χ4v) is 4.69. The molecule has 1 N–H and O–H groups in total. The zero-order valence-corrected chi connectivity index (χ0v) is 20.5. The maximum absolute atomic E-state index is 13.3. The van der Waals surface area contributed by atoms with Crippen molar-refractivity contribution in [1.82, 2.24) is 14.3 Å². The van der Waals surface area contributed by atoms with Crippen LogP contribution in [-0.2, 0) is 9.53 Å². The minimum Gasteiger partial charge on any atom is -0.382 e. The molecule has 3 rings (SSSR count). The number of thiocarbonyl (C=S) groups is 1. The summed E-state index contributed by atoms with van der Waals surface area (Å²) in [4.78, 5) is 33.0. The van der Waals surface area contributed by atoms with Gasteiger partial charge >= 0.3 is 0 Å². The Kier molecular flexibility index (Phi) is 8.84. The van der Waals surface area contributed by atoms with E-state index in [1.54, 1.807) is 17.2 Å². The van der Waals surface area contributed by atoms with Gasteiger partial charge in [0.2, 0.25) is 0 Å². The van der Waals surface area contributed by atoms with Crippen molar-refractivity contribution < 1.29 is 9.53 Å². The van der Waals surface area contributed by atoms with Crippen LogP contribution < -0.4 is 10.9 Å². The first-order chi connectivity index (χ1) is 15.5. The second-order valence-electron chi connectivity index (χ2n) is 7.63. The number of nitrogens with zero attached hydrogens (tertiary/aromatic N) is 3. The molecule has 0 radical (unpaired) electrons. The molecule has 0 aliphatic carbocycles. The smallest absolute Gasteiger partial charge is 0.267 e. The molecule has 0 aromatic carbocycles. The second kappa shape index (κ2) is 11.6. The number of anilines is 1. The lowest BCUT2D eigenvalue weighted by Gasteiger charge is -2.14. The summed E-state index contributed by atoms with van der Waals surface area (Å²) in [5.74, 6) is 0.318. The van der Waals surface area contributed by atoms with Crippen LogP contribution in [0, 0.1) is 6.92 Å². The Labute approximate surface area is 198 Å². The van der Waals surface area contributed by atoms with Gasteiger partial charge in [0.25, 0.3) is 11.5 Å². The molecule has 1 amide bonds. The normalized spacial score (nSPS) is 15.3. The van der Waals surface area contributed by atoms with Gasteiger partial charge in [-0.1, -0.05) is 49.8 Å². The molecule has 1 saturated heterocycles. The highest BCUT2D eigenvalue weighted by atomic mass is 32.2. The third-order valence-corrected chi connectivity index (χ3v) is 6.48. The number of aromatic nitrogens is 2. The van der Waals surface area contributed by atoms with E-state index in [0.29, 0.717) is 59.0 Å². The number of fused-ring (bicyclic) bond motifs is 1. The summed E-state index contributed by atoms with van der Waals surface area (Å²) in [6.07, 6.45) is 7.28. The molecular formula is C23H30N4O3S2. The number of aryl methyl sites for hydroxylation is 1. The van der Waals surface area contributed by atoms with E-state index in [2.05, 4.69) is 17.2 Å². The molecule has 1 fully saturated rings. The zero-order chi connectivity index (χ0) is 23.1. The SMILES string of the molecule is CCCCCNc1nc2ccc(C)cn2c(=O)c1C=C1SC(=S)N(CCCOCC)C1=O. The number of thioether (sulfide) groups is 1. The third-order valence-electron chi connectivity index (χ3n) is 5.10. The van der Waals surface area contributed by atoms with Crippen LogP contribution in [0.1, 0.15) is 50.7 Å². The molecule has 1 aliphatic heterocycles. The fraction of sp³-hybridized carbons (Fsp3) is 0.478. The van der Waals surface area contributed by atoms with E-state index in [4.69, 9.17) is 17.0 Å². The van der Waals surface area contributed by atoms with Crippen LogP contribution in [0.2, 0.25) is 0 Å². The van der Waals surface area contributed by atoms with Gasteiger partial charge in [0.15, 0.2) is 0 Å². The Morgan fingerprint density at radius 2 is 2.03 bits per heavy atom. The minimum atomic E-state index is -0.210. The van der Waals surface area contributed by atoms with Crippen molar-refractivity contribution in [3.63, 3.8) is 0 Å². The molecule has 2 aromatic heterocycles. The van der Waals surface area contributed by atoms with E-state index >= 15 is 0 Å². The van der Waals surface area contributed by atoms with Gasteiger partial charge in [-0.05, 0) is 44.4 Å². The van der Waals surface area contributed by atoms with E-state index in [-0.39, 0.29) is 11.5 Å². The average molecular weight is 475 g/mol. The number of rotatable bonds is 11. The highest BCUT2D eigenvalue weighted by Crippen LogP contribution is 2.33. The van der Waals surface area contributed by atoms with Crippen molar-refractivity contribution in [2.45, 2.75) is 46.5 Å². The number of unbranched alkanes of at least 4 members (excludes halogenated alkanes) is 2. The summed E-state index contributed by atoms with van der Waals surface area (Å²) in [5, 5.41) is 3.30. The predicted molar refractivity (Wildman–Crippen MR) is 135 cm³/mol. The highest BCUT2D eigenvalue weighted by molar-refractivity contribution is 8.26. The summed E-state index contributed by atoms with van der Waals surface area (Å²) in [5.41, 5.74) is 1.69. The largest absolute Gasteiger partial charge is 0.382 e. The molecule has 2 aromatic rings. The molecule has 0 spiro atoms. The number of pyridine rings is 1. The maximum atomic E-state index is 13.3. The lowest BCUT2D eigenvalue weighted by molar-refractivity contribution is -0.122. The van der Waals surface area contributed by atoms with E-state index in [1.165, 1.54) is 16.2 Å². The van der Waals surface area contributed by atoms with Gasteiger partial charge < -0.3 is 10.1 Å². The highest BCUT2D eigenvalue weighted by Gasteiger charge is 2.32. The van der Waals surface area contributed by atoms with Gasteiger partial charge in [0.1, 0.15) is 15.8 Å². The summed E-state index contributed by atoms with van der Waals surface area (Å²) in [6, 6.07) is 3.76. The van der Waals surface area contributed by atoms with E-state index < -0.39 is 0 Å². The van der Waals surface area contributed by atoms with Crippen molar-refractivity contribution in [1.29, 1.82) is 0 Å². The van der Waals surface area contributed by atoms with Crippen LogP contribution in [0.4, 0.5) is 5.82 Å². The molecule has 9 heteroatoms. The third kappa shape index (κ3) is 5.76. The van der Waals surface area contributed by atoms with Gasteiger partial charge in [-0.2, -0.15) is 0 Å². The van der Waals surface area contributed by atoms with Crippen LogP contribution >= 0.6 is 24.0 Å². The Morgan fingerprint density at radius 1 is 1.22 bits per heavy atom. The maximum Gasteiger partial charge on any atom is 0.267 e. The number of carbonyl (C=O) groups is 1. The number of carbonyl (C=O) groups excluding carboxylic acids is 1. The molecular weight excluding hydrogens is 444 g/mol. The molecule has 0 unspecified atom stereocenters. The van der Waals surface area contributed by atoms with Gasteiger partial charge in [-0.15, -0.1) is 0 Å². The minimum absolute atomic E-state index is 0.179. The predicted octanol–water partition coefficient (Wildman–Crippen LogP) is 4.23. The van der Waals surface area contributed by atoms with E-state index in [1.807, 2.05) is 26.0 Å². The molecule has 1 aliphatic rings. The first-order valence-electron chi connectivity index (χ1n) is 11.1. The quantitative estimate of drug-likeness (QED) is 0.297. The monoisotopic (exact) mass is 474 g/mol. The number of ether oxygens (including phenoxy) is 1. The molecule has 0 atom stereocenters. The molecule has 0 saturated carbocycles. The van der Waals surface area contributed by atoms with Crippen LogP contribution in [0.5, 0.6) is 0 Å². The van der Waals surface area contributed by atoms with E-state index in [9.17, 15) is 9.59 Å². The van der Waals surface area contributed by atoms with Crippen molar-refractivity contribution in [2.24, 2.45) is 0 Å². The first-order valence-corrected chi connectivity index (χ1v) is 12.3. The van der Waals surface area contributed by atoms with Gasteiger partial charge in [0, 0.05) is 32.5 Å². The second-order valence-corrected chi connectivity index (χ2v) is 9.31. The lowest BCUT2D eigenvalue weighted by Crippen LogP contribution is -2.29. The number of hydrogen-bond donors (Lipinski definition) is 1. The lowest BCUT2D eigenvalue weighted by atomic mass is 10.2. The molecule has 0 bridgehead atoms. The van der Waals surface area contributed by atoms with Crippen LogP contribution in [0.15, 0.2) is 28.0 Å². The van der Waals surface area contributed by atoms with Gasteiger partial charge in [-0.3, -0.25) is 18.9 Å². The first kappa shape index (κ1) is 24.4. The summed E-state index contributed by atoms with van der Waals surface area (Å²) >= 11 is 6.64. The Morgan fingerprint density at radius 3 is 2.78 bits per heavy atom. The average Bonchev–Trinajstić information content (AvgIpc) is 3.04. The number of nitrogens with one attached hydrogen (secondary N) is 1. The Balaban J connectivity index is 1.94. The number of amides is 1. The van der Waals surface area contributed by atoms with Crippen molar-refractivity contribution in [3.8, 4) is 0 Å². The fourth-order valence-electron chi connectivity index (χ4n) is 3.40. The zero-order valence-electron chi connectivity index (χ0n) is 18.8. The Hall–Kier alpha value is -2.23.